The summed E-state index contributed by atoms with van der Waals surface area (Å²) in [6, 6.07) is 10.2. The molecular formula is C16H25NO2. The molecule has 0 fully saturated rings. The van der Waals surface area contributed by atoms with E-state index in [1.165, 1.54) is 0 Å². The number of benzene rings is 1. The van der Waals surface area contributed by atoms with Gasteiger partial charge in [0.25, 0.3) is 0 Å². The molecule has 0 heterocycles. The smallest absolute Gasteiger partial charge is 0.308 e. The van der Waals surface area contributed by atoms with Crippen molar-refractivity contribution >= 4 is 5.97 Å². The summed E-state index contributed by atoms with van der Waals surface area (Å²) in [6.45, 7) is 7.40. The van der Waals surface area contributed by atoms with Crippen LogP contribution < -0.4 is 5.32 Å². The lowest BCUT2D eigenvalue weighted by Gasteiger charge is -2.34. The number of ether oxygens (including phenoxy) is 1. The molecule has 0 saturated heterocycles. The van der Waals surface area contributed by atoms with Crippen molar-refractivity contribution in [3.05, 3.63) is 35.9 Å². The van der Waals surface area contributed by atoms with Gasteiger partial charge in [-0.2, -0.15) is 0 Å². The SMILES string of the molecule is CCCNC(CC)(CC(=O)OCC)c1ccccc1. The van der Waals surface area contributed by atoms with Crippen molar-refractivity contribution in [1.82, 2.24) is 5.32 Å². The summed E-state index contributed by atoms with van der Waals surface area (Å²) >= 11 is 0. The monoisotopic (exact) mass is 263 g/mol. The van der Waals surface area contributed by atoms with Crippen LogP contribution in [-0.2, 0) is 15.1 Å². The van der Waals surface area contributed by atoms with Crippen LogP contribution in [0.5, 0.6) is 0 Å². The minimum absolute atomic E-state index is 0.142. The third-order valence-electron chi connectivity index (χ3n) is 3.39. The number of hydrogen-bond donors (Lipinski definition) is 1. The van der Waals surface area contributed by atoms with Gasteiger partial charge < -0.3 is 10.1 Å². The summed E-state index contributed by atoms with van der Waals surface area (Å²) in [5, 5.41) is 3.54. The van der Waals surface area contributed by atoms with Crippen LogP contribution in [-0.4, -0.2) is 19.1 Å². The average molecular weight is 263 g/mol. The van der Waals surface area contributed by atoms with Gasteiger partial charge in [0.15, 0.2) is 0 Å². The first-order chi connectivity index (χ1) is 9.18. The van der Waals surface area contributed by atoms with E-state index in [-0.39, 0.29) is 11.5 Å². The molecule has 3 nitrogen and oxygen atoms in total. The fourth-order valence-corrected chi connectivity index (χ4v) is 2.30. The number of carbonyl (C=O) groups is 1. The summed E-state index contributed by atoms with van der Waals surface area (Å²) in [5.41, 5.74) is 0.836. The number of carbonyl (C=O) groups excluding carboxylic acids is 1. The zero-order chi connectivity index (χ0) is 14.1. The molecule has 106 valence electrons. The van der Waals surface area contributed by atoms with E-state index in [1.54, 1.807) is 0 Å². The van der Waals surface area contributed by atoms with Crippen molar-refractivity contribution in [3.8, 4) is 0 Å². The van der Waals surface area contributed by atoms with Crippen molar-refractivity contribution in [2.24, 2.45) is 0 Å². The van der Waals surface area contributed by atoms with Crippen molar-refractivity contribution in [2.75, 3.05) is 13.2 Å². The van der Waals surface area contributed by atoms with Crippen molar-refractivity contribution in [2.45, 2.75) is 45.6 Å². The lowest BCUT2D eigenvalue weighted by Crippen LogP contribution is -2.44. The Bertz CT molecular complexity index is 378. The van der Waals surface area contributed by atoms with Crippen LogP contribution in [0.1, 0.15) is 45.6 Å². The molecule has 0 saturated carbocycles. The highest BCUT2D eigenvalue weighted by Crippen LogP contribution is 2.29. The third kappa shape index (κ3) is 4.35. The molecule has 1 aromatic rings. The molecule has 0 aliphatic heterocycles. The van der Waals surface area contributed by atoms with Crippen molar-refractivity contribution < 1.29 is 9.53 Å². The normalized spacial score (nSPS) is 13.8. The van der Waals surface area contributed by atoms with Crippen molar-refractivity contribution in [3.63, 3.8) is 0 Å². The van der Waals surface area contributed by atoms with Gasteiger partial charge in [0.2, 0.25) is 0 Å². The highest BCUT2D eigenvalue weighted by atomic mass is 16.5. The Labute approximate surface area is 116 Å². The topological polar surface area (TPSA) is 38.3 Å². The number of esters is 1. The standard InChI is InChI=1S/C16H25NO2/c1-4-12-17-16(5-2,13-15(18)19-6-3)14-10-8-7-9-11-14/h7-11,17H,4-6,12-13H2,1-3H3. The van der Waals surface area contributed by atoms with Gasteiger partial charge in [-0.1, -0.05) is 44.2 Å². The second kappa shape index (κ2) is 7.95. The third-order valence-corrected chi connectivity index (χ3v) is 3.39. The van der Waals surface area contributed by atoms with E-state index in [0.29, 0.717) is 13.0 Å². The minimum atomic E-state index is -0.316. The highest BCUT2D eigenvalue weighted by molar-refractivity contribution is 5.71. The summed E-state index contributed by atoms with van der Waals surface area (Å²) in [5.74, 6) is -0.142. The van der Waals surface area contributed by atoms with Gasteiger partial charge in [-0.15, -0.1) is 0 Å². The molecule has 19 heavy (non-hydrogen) atoms. The van der Waals surface area contributed by atoms with E-state index < -0.39 is 0 Å². The Kier molecular flexibility index (Phi) is 6.57. The van der Waals surface area contributed by atoms with Gasteiger partial charge in [0, 0.05) is 0 Å². The highest BCUT2D eigenvalue weighted by Gasteiger charge is 2.32. The first-order valence-electron chi connectivity index (χ1n) is 7.14. The lowest BCUT2D eigenvalue weighted by atomic mass is 9.84. The Hall–Kier alpha value is -1.35. The lowest BCUT2D eigenvalue weighted by molar-refractivity contribution is -0.145. The van der Waals surface area contributed by atoms with Crippen molar-refractivity contribution in [1.29, 1.82) is 0 Å². The van der Waals surface area contributed by atoms with E-state index in [9.17, 15) is 4.79 Å². The predicted octanol–water partition coefficient (Wildman–Crippen LogP) is 3.24. The first-order valence-corrected chi connectivity index (χ1v) is 7.14. The van der Waals surface area contributed by atoms with Gasteiger partial charge in [-0.25, -0.2) is 0 Å². The number of rotatable bonds is 8. The molecule has 1 atom stereocenters. The molecule has 1 unspecified atom stereocenters. The van der Waals surface area contributed by atoms with Crippen LogP contribution in [0.4, 0.5) is 0 Å². The van der Waals surface area contributed by atoms with Crippen LogP contribution in [0.15, 0.2) is 30.3 Å². The number of hydrogen-bond acceptors (Lipinski definition) is 3. The summed E-state index contributed by atoms with van der Waals surface area (Å²) in [4.78, 5) is 11.9. The molecule has 1 N–H and O–H groups in total. The van der Waals surface area contributed by atoms with Crippen LogP contribution in [0.2, 0.25) is 0 Å². The summed E-state index contributed by atoms with van der Waals surface area (Å²) in [7, 11) is 0. The van der Waals surface area contributed by atoms with Crippen LogP contribution >= 0.6 is 0 Å². The Balaban J connectivity index is 2.97. The first kappa shape index (κ1) is 15.7. The van der Waals surface area contributed by atoms with Crippen LogP contribution in [0.25, 0.3) is 0 Å². The molecule has 0 aliphatic rings. The van der Waals surface area contributed by atoms with E-state index in [4.69, 9.17) is 4.74 Å². The molecule has 0 aliphatic carbocycles. The fourth-order valence-electron chi connectivity index (χ4n) is 2.30. The Morgan fingerprint density at radius 3 is 2.42 bits per heavy atom. The maximum atomic E-state index is 11.9. The van der Waals surface area contributed by atoms with E-state index in [1.807, 2.05) is 25.1 Å². The molecule has 0 spiro atoms. The summed E-state index contributed by atoms with van der Waals surface area (Å²) < 4.78 is 5.12. The molecule has 1 rings (SSSR count). The second-order valence-corrected chi connectivity index (χ2v) is 4.71. The quantitative estimate of drug-likeness (QED) is 0.732. The zero-order valence-electron chi connectivity index (χ0n) is 12.2. The average Bonchev–Trinajstić information content (AvgIpc) is 2.45. The van der Waals surface area contributed by atoms with Gasteiger partial charge in [-0.05, 0) is 31.9 Å². The van der Waals surface area contributed by atoms with E-state index in [2.05, 4.69) is 31.3 Å². The fraction of sp³-hybridized carbons (Fsp3) is 0.562. The van der Waals surface area contributed by atoms with Gasteiger partial charge in [-0.3, -0.25) is 4.79 Å². The maximum absolute atomic E-state index is 11.9. The molecule has 0 bridgehead atoms. The van der Waals surface area contributed by atoms with E-state index in [0.717, 1.165) is 24.9 Å². The molecule has 0 aromatic heterocycles. The minimum Gasteiger partial charge on any atom is -0.466 e. The van der Waals surface area contributed by atoms with Gasteiger partial charge >= 0.3 is 5.97 Å². The number of nitrogens with one attached hydrogen (secondary N) is 1. The Morgan fingerprint density at radius 2 is 1.89 bits per heavy atom. The van der Waals surface area contributed by atoms with Crippen LogP contribution in [0, 0.1) is 0 Å². The zero-order valence-corrected chi connectivity index (χ0v) is 12.2. The summed E-state index contributed by atoms with van der Waals surface area (Å²) in [6.07, 6.45) is 2.27. The predicted molar refractivity (Wildman–Crippen MR) is 78.0 cm³/mol. The molecule has 0 radical (unpaired) electrons. The second-order valence-electron chi connectivity index (χ2n) is 4.71. The Morgan fingerprint density at radius 1 is 1.21 bits per heavy atom. The largest absolute Gasteiger partial charge is 0.466 e. The van der Waals surface area contributed by atoms with Crippen LogP contribution in [0.3, 0.4) is 0 Å². The maximum Gasteiger partial charge on any atom is 0.308 e. The van der Waals surface area contributed by atoms with E-state index >= 15 is 0 Å². The van der Waals surface area contributed by atoms with Gasteiger partial charge in [0.05, 0.1) is 18.6 Å². The molecule has 0 amide bonds. The molecule has 1 aromatic carbocycles. The molecule has 3 heteroatoms. The molecular weight excluding hydrogens is 238 g/mol. The van der Waals surface area contributed by atoms with Gasteiger partial charge in [0.1, 0.15) is 0 Å².